The molecule has 0 aromatic carbocycles. The zero-order valence-corrected chi connectivity index (χ0v) is 8.92. The van der Waals surface area contributed by atoms with Crippen LogP contribution in [0.4, 0.5) is 0 Å². The fourth-order valence-electron chi connectivity index (χ4n) is 3.80. The molecular weight excluding hydrogens is 160 g/mol. The van der Waals surface area contributed by atoms with E-state index in [9.17, 15) is 5.11 Å². The fraction of sp³-hybridized carbons (Fsp3) is 1.00. The molecule has 0 saturated heterocycles. The Bertz CT molecular complexity index is 190. The van der Waals surface area contributed by atoms with E-state index in [2.05, 4.69) is 13.8 Å². The summed E-state index contributed by atoms with van der Waals surface area (Å²) in [6, 6.07) is 0. The third kappa shape index (κ3) is 1.63. The Morgan fingerprint density at radius 1 is 1.23 bits per heavy atom. The lowest BCUT2D eigenvalue weighted by molar-refractivity contribution is -0.0371. The maximum atomic E-state index is 9.70. The monoisotopic (exact) mass is 182 g/mol. The average Bonchev–Trinajstić information content (AvgIpc) is 2.02. The van der Waals surface area contributed by atoms with Crippen LogP contribution in [0.15, 0.2) is 0 Å². The predicted octanol–water partition coefficient (Wildman–Crippen LogP) is 2.97. The second-order valence-electron chi connectivity index (χ2n) is 5.57. The first kappa shape index (κ1) is 9.51. The number of hydrogen-bond acceptors (Lipinski definition) is 1. The molecule has 4 atom stereocenters. The van der Waals surface area contributed by atoms with Crippen LogP contribution in [0.2, 0.25) is 0 Å². The van der Waals surface area contributed by atoms with Crippen molar-refractivity contribution in [1.29, 1.82) is 0 Å². The van der Waals surface area contributed by atoms with Crippen molar-refractivity contribution in [2.75, 3.05) is 0 Å². The van der Waals surface area contributed by atoms with Gasteiger partial charge in [-0.2, -0.15) is 0 Å². The molecule has 13 heavy (non-hydrogen) atoms. The second kappa shape index (κ2) is 3.27. The predicted molar refractivity (Wildman–Crippen MR) is 54.5 cm³/mol. The molecule has 0 aliphatic heterocycles. The van der Waals surface area contributed by atoms with E-state index >= 15 is 0 Å². The molecule has 1 nitrogen and oxygen atoms in total. The molecule has 2 fully saturated rings. The van der Waals surface area contributed by atoms with Gasteiger partial charge in [0.15, 0.2) is 0 Å². The summed E-state index contributed by atoms with van der Waals surface area (Å²) in [7, 11) is 0. The van der Waals surface area contributed by atoms with Crippen LogP contribution in [-0.2, 0) is 0 Å². The van der Waals surface area contributed by atoms with Gasteiger partial charge in [0, 0.05) is 0 Å². The smallest absolute Gasteiger partial charge is 0.0545 e. The molecule has 0 bridgehead atoms. The highest BCUT2D eigenvalue weighted by Gasteiger charge is 2.43. The van der Waals surface area contributed by atoms with Crippen LogP contribution < -0.4 is 0 Å². The van der Waals surface area contributed by atoms with Gasteiger partial charge >= 0.3 is 0 Å². The highest BCUT2D eigenvalue weighted by molar-refractivity contribution is 4.94. The van der Waals surface area contributed by atoms with Gasteiger partial charge in [0.1, 0.15) is 0 Å². The lowest BCUT2D eigenvalue weighted by Crippen LogP contribution is -2.42. The summed E-state index contributed by atoms with van der Waals surface area (Å²) in [5.74, 6) is 1.79. The molecule has 0 heterocycles. The second-order valence-corrected chi connectivity index (χ2v) is 5.57. The third-order valence-electron chi connectivity index (χ3n) is 4.50. The molecular formula is C12H22O. The first-order valence-electron chi connectivity index (χ1n) is 5.80. The molecule has 0 aromatic rings. The van der Waals surface area contributed by atoms with E-state index in [1.165, 1.54) is 25.7 Å². The van der Waals surface area contributed by atoms with E-state index in [0.717, 1.165) is 24.7 Å². The van der Waals surface area contributed by atoms with Gasteiger partial charge in [-0.3, -0.25) is 0 Å². The Morgan fingerprint density at radius 3 is 2.77 bits per heavy atom. The van der Waals surface area contributed by atoms with Crippen molar-refractivity contribution in [3.8, 4) is 0 Å². The standard InChI is InChI=1S/C12H22O/c1-9-4-3-7-12(2)8-10(13)5-6-11(9)12/h9-11,13H,3-8H2,1-2H3/t9-,10-,11-,12+/m0/s1. The van der Waals surface area contributed by atoms with Crippen molar-refractivity contribution < 1.29 is 5.11 Å². The van der Waals surface area contributed by atoms with Crippen molar-refractivity contribution in [2.24, 2.45) is 17.3 Å². The van der Waals surface area contributed by atoms with Gasteiger partial charge in [-0.05, 0) is 42.9 Å². The zero-order chi connectivity index (χ0) is 9.47. The molecule has 0 spiro atoms. The van der Waals surface area contributed by atoms with Crippen molar-refractivity contribution >= 4 is 0 Å². The molecule has 2 aliphatic rings. The summed E-state index contributed by atoms with van der Waals surface area (Å²) in [5.41, 5.74) is 0.468. The zero-order valence-electron chi connectivity index (χ0n) is 8.92. The Hall–Kier alpha value is -0.0400. The van der Waals surface area contributed by atoms with E-state index < -0.39 is 0 Å². The quantitative estimate of drug-likeness (QED) is 0.610. The Labute approximate surface area is 81.5 Å². The minimum absolute atomic E-state index is 0.00782. The lowest BCUT2D eigenvalue weighted by Gasteiger charge is -2.49. The number of rotatable bonds is 0. The van der Waals surface area contributed by atoms with Crippen molar-refractivity contribution in [2.45, 2.75) is 58.5 Å². The average molecular weight is 182 g/mol. The minimum atomic E-state index is -0.00782. The summed E-state index contributed by atoms with van der Waals surface area (Å²) in [6.07, 6.45) is 7.49. The van der Waals surface area contributed by atoms with Gasteiger partial charge in [-0.15, -0.1) is 0 Å². The highest BCUT2D eigenvalue weighted by atomic mass is 16.3. The molecule has 1 heteroatoms. The Kier molecular flexibility index (Phi) is 2.39. The Morgan fingerprint density at radius 2 is 2.00 bits per heavy atom. The molecule has 2 saturated carbocycles. The molecule has 2 aliphatic carbocycles. The Balaban J connectivity index is 2.13. The third-order valence-corrected chi connectivity index (χ3v) is 4.50. The van der Waals surface area contributed by atoms with Crippen molar-refractivity contribution in [3.05, 3.63) is 0 Å². The summed E-state index contributed by atoms with van der Waals surface area (Å²) < 4.78 is 0. The number of fused-ring (bicyclic) bond motifs is 1. The van der Waals surface area contributed by atoms with Crippen LogP contribution in [0.5, 0.6) is 0 Å². The van der Waals surface area contributed by atoms with Crippen LogP contribution in [-0.4, -0.2) is 11.2 Å². The van der Waals surface area contributed by atoms with Gasteiger partial charge in [-0.25, -0.2) is 0 Å². The lowest BCUT2D eigenvalue weighted by atomic mass is 9.56. The first-order chi connectivity index (χ1) is 6.12. The molecule has 2 rings (SSSR count). The summed E-state index contributed by atoms with van der Waals surface area (Å²) >= 11 is 0. The summed E-state index contributed by atoms with van der Waals surface area (Å²) in [4.78, 5) is 0. The molecule has 0 amide bonds. The van der Waals surface area contributed by atoms with Crippen LogP contribution >= 0.6 is 0 Å². The van der Waals surface area contributed by atoms with Gasteiger partial charge in [0.05, 0.1) is 6.10 Å². The van der Waals surface area contributed by atoms with E-state index in [1.807, 2.05) is 0 Å². The fourth-order valence-corrected chi connectivity index (χ4v) is 3.80. The van der Waals surface area contributed by atoms with Crippen LogP contribution in [0, 0.1) is 17.3 Å². The minimum Gasteiger partial charge on any atom is -0.393 e. The maximum Gasteiger partial charge on any atom is 0.0545 e. The first-order valence-corrected chi connectivity index (χ1v) is 5.80. The molecule has 1 N–H and O–H groups in total. The summed E-state index contributed by atoms with van der Waals surface area (Å²) in [5, 5.41) is 9.70. The molecule has 76 valence electrons. The van der Waals surface area contributed by atoms with Crippen LogP contribution in [0.1, 0.15) is 52.4 Å². The van der Waals surface area contributed by atoms with Crippen molar-refractivity contribution in [1.82, 2.24) is 0 Å². The van der Waals surface area contributed by atoms with Crippen LogP contribution in [0.25, 0.3) is 0 Å². The number of aliphatic hydroxyl groups excluding tert-OH is 1. The number of hydrogen-bond donors (Lipinski definition) is 1. The largest absolute Gasteiger partial charge is 0.393 e. The van der Waals surface area contributed by atoms with E-state index in [4.69, 9.17) is 0 Å². The maximum absolute atomic E-state index is 9.70. The molecule has 0 unspecified atom stereocenters. The normalized spacial score (nSPS) is 51.5. The van der Waals surface area contributed by atoms with Crippen molar-refractivity contribution in [3.63, 3.8) is 0 Å². The van der Waals surface area contributed by atoms with E-state index in [1.54, 1.807) is 0 Å². The number of aliphatic hydroxyl groups is 1. The SMILES string of the molecule is C[C@H]1CCC[C@]2(C)C[C@@H](O)CC[C@@H]12. The van der Waals surface area contributed by atoms with E-state index in [0.29, 0.717) is 5.41 Å². The van der Waals surface area contributed by atoms with Gasteiger partial charge in [-0.1, -0.05) is 26.7 Å². The topological polar surface area (TPSA) is 20.2 Å². The highest BCUT2D eigenvalue weighted by Crippen LogP contribution is 2.52. The van der Waals surface area contributed by atoms with Gasteiger partial charge < -0.3 is 5.11 Å². The van der Waals surface area contributed by atoms with Gasteiger partial charge in [0.2, 0.25) is 0 Å². The van der Waals surface area contributed by atoms with E-state index in [-0.39, 0.29) is 6.10 Å². The van der Waals surface area contributed by atoms with Gasteiger partial charge in [0.25, 0.3) is 0 Å². The molecule has 0 radical (unpaired) electrons. The molecule has 0 aromatic heterocycles. The summed E-state index contributed by atoms with van der Waals surface area (Å²) in [6.45, 7) is 4.80. The van der Waals surface area contributed by atoms with Crippen LogP contribution in [0.3, 0.4) is 0 Å².